The molecule has 1 aliphatic rings. The minimum Gasteiger partial charge on any atom is -0.472 e. The van der Waals surface area contributed by atoms with Gasteiger partial charge in [-0.2, -0.15) is 0 Å². The number of nitrogens with zero attached hydrogens (tertiary/aromatic N) is 2. The van der Waals surface area contributed by atoms with Gasteiger partial charge in [-0.25, -0.2) is 4.98 Å². The fourth-order valence-corrected chi connectivity index (χ4v) is 3.32. The van der Waals surface area contributed by atoms with E-state index in [1.165, 1.54) is 23.7 Å². The van der Waals surface area contributed by atoms with E-state index in [4.69, 9.17) is 4.42 Å². The molecular formula is C22H22N4O3. The minimum absolute atomic E-state index is 0.0945. The standard InChI is InChI=1S/C22H22N4O3/c27-21(13-25-22(28)19-8-10-29-15-19)24-12-16-5-6-20(23-11-16)26-9-7-17-3-1-2-4-18(17)14-26/h1-6,8,10-11,15H,7,9,12-14H2,(H,24,27)(H,25,28). The molecule has 1 aliphatic heterocycles. The molecule has 0 radical (unpaired) electrons. The molecular weight excluding hydrogens is 368 g/mol. The molecule has 148 valence electrons. The van der Waals surface area contributed by atoms with Crippen molar-refractivity contribution < 1.29 is 14.0 Å². The van der Waals surface area contributed by atoms with E-state index in [0.29, 0.717) is 12.1 Å². The van der Waals surface area contributed by atoms with Crippen molar-refractivity contribution >= 4 is 17.6 Å². The van der Waals surface area contributed by atoms with Crippen LogP contribution in [0, 0.1) is 0 Å². The van der Waals surface area contributed by atoms with Gasteiger partial charge in [0.25, 0.3) is 5.91 Å². The summed E-state index contributed by atoms with van der Waals surface area (Å²) < 4.78 is 4.85. The highest BCUT2D eigenvalue weighted by Gasteiger charge is 2.16. The molecule has 4 rings (SSSR count). The average Bonchev–Trinajstić information content (AvgIpc) is 3.31. The first-order chi connectivity index (χ1) is 14.2. The highest BCUT2D eigenvalue weighted by molar-refractivity contribution is 5.96. The summed E-state index contributed by atoms with van der Waals surface area (Å²) in [6, 6.07) is 14.0. The predicted molar refractivity (Wildman–Crippen MR) is 108 cm³/mol. The molecule has 0 aliphatic carbocycles. The molecule has 0 atom stereocenters. The van der Waals surface area contributed by atoms with E-state index >= 15 is 0 Å². The lowest BCUT2D eigenvalue weighted by Gasteiger charge is -2.29. The summed E-state index contributed by atoms with van der Waals surface area (Å²) in [5.41, 5.74) is 4.04. The van der Waals surface area contributed by atoms with E-state index in [1.807, 2.05) is 12.1 Å². The zero-order valence-electron chi connectivity index (χ0n) is 15.9. The number of benzene rings is 1. The number of amides is 2. The largest absolute Gasteiger partial charge is 0.472 e. The number of carbonyl (C=O) groups is 2. The van der Waals surface area contributed by atoms with Crippen molar-refractivity contribution in [2.45, 2.75) is 19.5 Å². The normalized spacial score (nSPS) is 12.9. The van der Waals surface area contributed by atoms with Crippen molar-refractivity contribution in [3.05, 3.63) is 83.4 Å². The third-order valence-electron chi connectivity index (χ3n) is 4.95. The Morgan fingerprint density at radius 3 is 2.69 bits per heavy atom. The van der Waals surface area contributed by atoms with Crippen LogP contribution >= 0.6 is 0 Å². The van der Waals surface area contributed by atoms with Crippen molar-refractivity contribution in [3.8, 4) is 0 Å². The van der Waals surface area contributed by atoms with Crippen LogP contribution in [0.4, 0.5) is 5.82 Å². The Hall–Kier alpha value is -3.61. The Kier molecular flexibility index (Phi) is 5.56. The van der Waals surface area contributed by atoms with Crippen LogP contribution in [0.5, 0.6) is 0 Å². The second kappa shape index (κ2) is 8.60. The van der Waals surface area contributed by atoms with Crippen molar-refractivity contribution in [1.82, 2.24) is 15.6 Å². The van der Waals surface area contributed by atoms with Crippen molar-refractivity contribution in [1.29, 1.82) is 0 Å². The number of pyridine rings is 1. The van der Waals surface area contributed by atoms with E-state index in [2.05, 4.69) is 44.8 Å². The molecule has 0 saturated heterocycles. The maximum absolute atomic E-state index is 11.9. The van der Waals surface area contributed by atoms with Gasteiger partial charge in [-0.05, 0) is 35.2 Å². The summed E-state index contributed by atoms with van der Waals surface area (Å²) >= 11 is 0. The monoisotopic (exact) mass is 390 g/mol. The SMILES string of the molecule is O=C(CNC(=O)c1ccoc1)NCc1ccc(N2CCc3ccccc3C2)nc1. The van der Waals surface area contributed by atoms with Crippen LogP contribution in [0.2, 0.25) is 0 Å². The first-order valence-corrected chi connectivity index (χ1v) is 9.53. The van der Waals surface area contributed by atoms with E-state index in [-0.39, 0.29) is 18.4 Å². The number of nitrogens with one attached hydrogen (secondary N) is 2. The highest BCUT2D eigenvalue weighted by atomic mass is 16.3. The van der Waals surface area contributed by atoms with Gasteiger partial charge < -0.3 is 20.0 Å². The molecule has 0 saturated carbocycles. The fraction of sp³-hybridized carbons (Fsp3) is 0.227. The van der Waals surface area contributed by atoms with Crippen LogP contribution in [0.25, 0.3) is 0 Å². The smallest absolute Gasteiger partial charge is 0.254 e. The maximum Gasteiger partial charge on any atom is 0.254 e. The van der Waals surface area contributed by atoms with Crippen LogP contribution in [-0.4, -0.2) is 29.9 Å². The number of hydrogen-bond donors (Lipinski definition) is 2. The molecule has 0 unspecified atom stereocenters. The van der Waals surface area contributed by atoms with Crippen LogP contribution in [0.15, 0.2) is 65.6 Å². The Balaban J connectivity index is 1.25. The van der Waals surface area contributed by atoms with Gasteiger partial charge >= 0.3 is 0 Å². The van der Waals surface area contributed by atoms with Crippen molar-refractivity contribution in [3.63, 3.8) is 0 Å². The summed E-state index contributed by atoms with van der Waals surface area (Å²) in [6.45, 7) is 2.06. The number of anilines is 1. The molecule has 2 N–H and O–H groups in total. The molecule has 2 amide bonds. The molecule has 2 aromatic heterocycles. The molecule has 7 nitrogen and oxygen atoms in total. The number of furan rings is 1. The number of aromatic nitrogens is 1. The summed E-state index contributed by atoms with van der Waals surface area (Å²) in [5, 5.41) is 5.33. The van der Waals surface area contributed by atoms with Gasteiger partial charge in [0.2, 0.25) is 5.91 Å². The molecule has 3 heterocycles. The van der Waals surface area contributed by atoms with Crippen LogP contribution in [-0.2, 0) is 24.3 Å². The van der Waals surface area contributed by atoms with Crippen molar-refractivity contribution in [2.24, 2.45) is 0 Å². The topological polar surface area (TPSA) is 87.5 Å². The van der Waals surface area contributed by atoms with Gasteiger partial charge in [-0.1, -0.05) is 30.3 Å². The Morgan fingerprint density at radius 1 is 1.07 bits per heavy atom. The van der Waals surface area contributed by atoms with E-state index in [1.54, 1.807) is 12.3 Å². The second-order valence-electron chi connectivity index (χ2n) is 6.94. The molecule has 3 aromatic rings. The average molecular weight is 390 g/mol. The fourth-order valence-electron chi connectivity index (χ4n) is 3.32. The number of rotatable bonds is 6. The summed E-state index contributed by atoms with van der Waals surface area (Å²) in [5.74, 6) is 0.323. The number of carbonyl (C=O) groups excluding carboxylic acids is 2. The molecule has 0 bridgehead atoms. The second-order valence-corrected chi connectivity index (χ2v) is 6.94. The van der Waals surface area contributed by atoms with E-state index in [0.717, 1.165) is 30.9 Å². The van der Waals surface area contributed by atoms with Gasteiger partial charge in [0.05, 0.1) is 18.4 Å². The summed E-state index contributed by atoms with van der Waals surface area (Å²) in [7, 11) is 0. The predicted octanol–water partition coefficient (Wildman–Crippen LogP) is 2.28. The van der Waals surface area contributed by atoms with Gasteiger partial charge in [0.15, 0.2) is 0 Å². The van der Waals surface area contributed by atoms with Crippen LogP contribution in [0.3, 0.4) is 0 Å². The Bertz CT molecular complexity index is 984. The summed E-state index contributed by atoms with van der Waals surface area (Å²) in [4.78, 5) is 30.5. The zero-order valence-corrected chi connectivity index (χ0v) is 15.9. The van der Waals surface area contributed by atoms with E-state index < -0.39 is 0 Å². The minimum atomic E-state index is -0.344. The molecule has 29 heavy (non-hydrogen) atoms. The zero-order chi connectivity index (χ0) is 20.1. The Labute approximate surface area is 168 Å². The third-order valence-corrected chi connectivity index (χ3v) is 4.95. The summed E-state index contributed by atoms with van der Waals surface area (Å²) in [6.07, 6.45) is 5.54. The van der Waals surface area contributed by atoms with Gasteiger partial charge in [0, 0.05) is 25.8 Å². The van der Waals surface area contributed by atoms with Gasteiger partial charge in [0.1, 0.15) is 12.1 Å². The third kappa shape index (κ3) is 4.63. The highest BCUT2D eigenvalue weighted by Crippen LogP contribution is 2.22. The lowest BCUT2D eigenvalue weighted by Crippen LogP contribution is -2.36. The van der Waals surface area contributed by atoms with Gasteiger partial charge in [-0.3, -0.25) is 9.59 Å². The van der Waals surface area contributed by atoms with Gasteiger partial charge in [-0.15, -0.1) is 0 Å². The van der Waals surface area contributed by atoms with Crippen LogP contribution in [0.1, 0.15) is 27.0 Å². The lowest BCUT2D eigenvalue weighted by molar-refractivity contribution is -0.120. The lowest BCUT2D eigenvalue weighted by atomic mass is 10.00. The molecule has 0 spiro atoms. The molecule has 1 aromatic carbocycles. The molecule has 7 heteroatoms. The van der Waals surface area contributed by atoms with E-state index in [9.17, 15) is 9.59 Å². The van der Waals surface area contributed by atoms with Crippen LogP contribution < -0.4 is 15.5 Å². The Morgan fingerprint density at radius 2 is 1.93 bits per heavy atom. The van der Waals surface area contributed by atoms with Crippen molar-refractivity contribution in [2.75, 3.05) is 18.0 Å². The number of hydrogen-bond acceptors (Lipinski definition) is 5. The number of fused-ring (bicyclic) bond motifs is 1. The quantitative estimate of drug-likeness (QED) is 0.674. The maximum atomic E-state index is 11.9. The molecule has 0 fully saturated rings. The first kappa shape index (κ1) is 18.7. The first-order valence-electron chi connectivity index (χ1n) is 9.53.